The molecule has 0 radical (unpaired) electrons. The number of amides is 1. The first-order chi connectivity index (χ1) is 17.9. The van der Waals surface area contributed by atoms with Crippen molar-refractivity contribution in [3.63, 3.8) is 0 Å². The van der Waals surface area contributed by atoms with Gasteiger partial charge in [-0.1, -0.05) is 39.0 Å². The van der Waals surface area contributed by atoms with Gasteiger partial charge in [-0.05, 0) is 78.9 Å². The van der Waals surface area contributed by atoms with Gasteiger partial charge < -0.3 is 14.2 Å². The molecule has 4 rings (SSSR count). The zero-order chi connectivity index (χ0) is 26.4. The third-order valence-corrected chi connectivity index (χ3v) is 7.10. The zero-order valence-corrected chi connectivity index (χ0v) is 22.4. The lowest BCUT2D eigenvalue weighted by Gasteiger charge is -2.20. The first-order valence-corrected chi connectivity index (χ1v) is 13.4. The number of hydrazone groups is 1. The third kappa shape index (κ3) is 6.22. The molecule has 194 valence electrons. The molecule has 2 aliphatic rings. The van der Waals surface area contributed by atoms with E-state index in [9.17, 15) is 4.79 Å². The van der Waals surface area contributed by atoms with Crippen LogP contribution in [0, 0.1) is 5.41 Å². The highest BCUT2D eigenvalue weighted by atomic mass is 32.2. The fraction of sp³-hybridized carbons (Fsp3) is 0.357. The van der Waals surface area contributed by atoms with Crippen LogP contribution in [0.25, 0.3) is 6.08 Å². The van der Waals surface area contributed by atoms with Crippen LogP contribution >= 0.6 is 11.8 Å². The summed E-state index contributed by atoms with van der Waals surface area (Å²) in [7, 11) is 0. The van der Waals surface area contributed by atoms with E-state index >= 15 is 0 Å². The van der Waals surface area contributed by atoms with Gasteiger partial charge in [-0.15, -0.1) is 0 Å². The van der Waals surface area contributed by atoms with E-state index in [1.54, 1.807) is 18.2 Å². The van der Waals surface area contributed by atoms with Gasteiger partial charge in [0.05, 0.1) is 12.2 Å². The topological polar surface area (TPSA) is 96.6 Å². The molecule has 2 aromatic rings. The molecule has 8 nitrogen and oxygen atoms in total. The summed E-state index contributed by atoms with van der Waals surface area (Å²) in [6, 6.07) is 13.6. The zero-order valence-electron chi connectivity index (χ0n) is 21.6. The lowest BCUT2D eigenvalue weighted by molar-refractivity contribution is -0.114. The third-order valence-electron chi connectivity index (χ3n) is 6.05. The SMILES string of the molecule is CCOc1cc(C=C2C(=N)N3N=C(CC)SC3=NC2=O)ccc1OCCOc1ccc(C(C)CC)cc1. The molecule has 2 aromatic carbocycles. The van der Waals surface area contributed by atoms with Gasteiger partial charge in [0, 0.05) is 0 Å². The maximum atomic E-state index is 12.6. The van der Waals surface area contributed by atoms with E-state index in [0.29, 0.717) is 48.0 Å². The van der Waals surface area contributed by atoms with E-state index in [1.165, 1.54) is 22.3 Å². The summed E-state index contributed by atoms with van der Waals surface area (Å²) < 4.78 is 17.5. The van der Waals surface area contributed by atoms with Gasteiger partial charge in [-0.25, -0.2) is 0 Å². The van der Waals surface area contributed by atoms with Crippen LogP contribution in [0.15, 0.2) is 58.1 Å². The number of ether oxygens (including phenoxy) is 3. The lowest BCUT2D eigenvalue weighted by atomic mass is 9.99. The summed E-state index contributed by atoms with van der Waals surface area (Å²) in [4.78, 5) is 16.7. The summed E-state index contributed by atoms with van der Waals surface area (Å²) in [5, 5.41) is 15.5. The highest BCUT2D eigenvalue weighted by Crippen LogP contribution is 2.32. The van der Waals surface area contributed by atoms with Crippen molar-refractivity contribution in [2.75, 3.05) is 19.8 Å². The molecule has 1 amide bonds. The number of fused-ring (bicyclic) bond motifs is 1. The minimum atomic E-state index is -0.455. The van der Waals surface area contributed by atoms with Gasteiger partial charge in [-0.2, -0.15) is 15.1 Å². The van der Waals surface area contributed by atoms with Crippen LogP contribution in [0.4, 0.5) is 0 Å². The van der Waals surface area contributed by atoms with E-state index in [0.717, 1.165) is 23.6 Å². The van der Waals surface area contributed by atoms with E-state index in [-0.39, 0.29) is 11.4 Å². The van der Waals surface area contributed by atoms with Crippen LogP contribution in [0.5, 0.6) is 17.2 Å². The van der Waals surface area contributed by atoms with Crippen LogP contribution < -0.4 is 14.2 Å². The van der Waals surface area contributed by atoms with Crippen LogP contribution in [-0.2, 0) is 4.79 Å². The molecule has 0 aliphatic carbocycles. The molecule has 0 bridgehead atoms. The molecule has 1 N–H and O–H groups in total. The molecule has 2 aliphatic heterocycles. The number of nitrogens with one attached hydrogen (secondary N) is 1. The maximum Gasteiger partial charge on any atom is 0.283 e. The van der Waals surface area contributed by atoms with Crippen molar-refractivity contribution in [3.05, 3.63) is 59.2 Å². The number of carbonyl (C=O) groups excluding carboxylic acids is 1. The van der Waals surface area contributed by atoms with Crippen LogP contribution in [0.1, 0.15) is 57.6 Å². The van der Waals surface area contributed by atoms with Crippen molar-refractivity contribution in [2.24, 2.45) is 10.1 Å². The monoisotopic (exact) mass is 520 g/mol. The number of hydrogen-bond donors (Lipinski definition) is 1. The second-order valence-corrected chi connectivity index (χ2v) is 9.62. The summed E-state index contributed by atoms with van der Waals surface area (Å²) >= 11 is 1.32. The molecule has 0 spiro atoms. The minimum Gasteiger partial charge on any atom is -0.490 e. The standard InChI is InChI=1S/C28H32N4O4S/c1-5-18(4)20-9-11-21(12-10-20)35-14-15-36-23-13-8-19(17-24(23)34-7-3)16-22-26(29)32-28(30-27(22)33)37-25(6-2)31-32/h8-13,16-18,29H,5-7,14-15H2,1-4H3. The summed E-state index contributed by atoms with van der Waals surface area (Å²) in [5.74, 6) is 2.03. The molecular formula is C28H32N4O4S. The lowest BCUT2D eigenvalue weighted by Crippen LogP contribution is -2.35. The molecule has 9 heteroatoms. The molecule has 0 saturated carbocycles. The molecule has 0 saturated heterocycles. The summed E-state index contributed by atoms with van der Waals surface area (Å²) in [5.41, 5.74) is 2.18. The van der Waals surface area contributed by atoms with Crippen LogP contribution in [0.3, 0.4) is 0 Å². The Kier molecular flexibility index (Phi) is 8.66. The summed E-state index contributed by atoms with van der Waals surface area (Å²) in [6.07, 6.45) is 3.45. The number of aliphatic imine (C=N–C) groups is 1. The second kappa shape index (κ2) is 12.1. The maximum absolute atomic E-state index is 12.6. The number of hydrogen-bond acceptors (Lipinski definition) is 7. The van der Waals surface area contributed by atoms with E-state index < -0.39 is 5.91 Å². The second-order valence-electron chi connectivity index (χ2n) is 8.58. The van der Waals surface area contributed by atoms with E-state index in [4.69, 9.17) is 19.6 Å². The number of rotatable bonds is 11. The molecule has 0 aromatic heterocycles. The van der Waals surface area contributed by atoms with Gasteiger partial charge >= 0.3 is 0 Å². The van der Waals surface area contributed by atoms with Crippen molar-refractivity contribution < 1.29 is 19.0 Å². The quantitative estimate of drug-likeness (QED) is 0.285. The van der Waals surface area contributed by atoms with Gasteiger partial charge in [-0.3, -0.25) is 10.2 Å². The number of thioether (sulfide) groups is 1. The average molecular weight is 521 g/mol. The Hall–Kier alpha value is -3.59. The average Bonchev–Trinajstić information content (AvgIpc) is 3.33. The Bertz CT molecular complexity index is 1250. The van der Waals surface area contributed by atoms with Gasteiger partial charge in [0.25, 0.3) is 5.91 Å². The van der Waals surface area contributed by atoms with Crippen molar-refractivity contribution in [1.82, 2.24) is 5.01 Å². The highest BCUT2D eigenvalue weighted by Gasteiger charge is 2.35. The number of nitrogens with zero attached hydrogens (tertiary/aromatic N) is 3. The first-order valence-electron chi connectivity index (χ1n) is 12.5. The minimum absolute atomic E-state index is 0.0126. The molecule has 1 atom stereocenters. The summed E-state index contributed by atoms with van der Waals surface area (Å²) in [6.45, 7) is 9.46. The fourth-order valence-electron chi connectivity index (χ4n) is 3.78. The normalized spacial score (nSPS) is 16.9. The van der Waals surface area contributed by atoms with Gasteiger partial charge in [0.2, 0.25) is 5.17 Å². The van der Waals surface area contributed by atoms with Crippen molar-refractivity contribution in [3.8, 4) is 17.2 Å². The van der Waals surface area contributed by atoms with Crippen molar-refractivity contribution in [1.29, 1.82) is 5.41 Å². The fourth-order valence-corrected chi connectivity index (χ4v) is 4.61. The van der Waals surface area contributed by atoms with Crippen LogP contribution in [-0.4, -0.2) is 46.8 Å². The molecule has 0 fully saturated rings. The number of benzene rings is 2. The van der Waals surface area contributed by atoms with Crippen molar-refractivity contribution >= 4 is 39.8 Å². The van der Waals surface area contributed by atoms with E-state index in [2.05, 4.69) is 36.1 Å². The smallest absolute Gasteiger partial charge is 0.283 e. The van der Waals surface area contributed by atoms with Gasteiger partial charge in [0.1, 0.15) is 24.0 Å². The number of amidine groups is 2. The first kappa shape index (κ1) is 26.5. The van der Waals surface area contributed by atoms with Crippen LogP contribution in [0.2, 0.25) is 0 Å². The molecule has 2 heterocycles. The van der Waals surface area contributed by atoms with E-state index in [1.807, 2.05) is 32.0 Å². The molecule has 1 unspecified atom stereocenters. The number of carbonyl (C=O) groups is 1. The Labute approximate surface area is 221 Å². The van der Waals surface area contributed by atoms with Gasteiger partial charge in [0.15, 0.2) is 17.3 Å². The largest absolute Gasteiger partial charge is 0.490 e. The molecule has 37 heavy (non-hydrogen) atoms. The Morgan fingerprint density at radius 1 is 1.03 bits per heavy atom. The predicted octanol–water partition coefficient (Wildman–Crippen LogP) is 6.09. The predicted molar refractivity (Wildman–Crippen MR) is 149 cm³/mol. The Balaban J connectivity index is 1.41. The Morgan fingerprint density at radius 3 is 2.49 bits per heavy atom. The Morgan fingerprint density at radius 2 is 1.78 bits per heavy atom. The molecular weight excluding hydrogens is 488 g/mol. The van der Waals surface area contributed by atoms with Crippen molar-refractivity contribution in [2.45, 2.75) is 46.5 Å². The highest BCUT2D eigenvalue weighted by molar-refractivity contribution is 8.26.